The Morgan fingerprint density at radius 2 is 1.60 bits per heavy atom. The molecule has 0 saturated carbocycles. The number of aryl methyl sites for hydroxylation is 1. The summed E-state index contributed by atoms with van der Waals surface area (Å²) < 4.78 is 0. The highest BCUT2D eigenvalue weighted by molar-refractivity contribution is 5.71. The van der Waals surface area contributed by atoms with Gasteiger partial charge < -0.3 is 5.11 Å². The first kappa shape index (κ1) is 14.8. The summed E-state index contributed by atoms with van der Waals surface area (Å²) in [7, 11) is 0. The molecule has 0 aliphatic rings. The number of rotatable bonds is 6. The van der Waals surface area contributed by atoms with Gasteiger partial charge in [-0.15, -0.1) is 0 Å². The zero-order valence-corrected chi connectivity index (χ0v) is 12.5. The van der Waals surface area contributed by atoms with Crippen LogP contribution < -0.4 is 0 Å². The molecule has 2 aromatic carbocycles. The van der Waals surface area contributed by atoms with Crippen LogP contribution in [0.5, 0.6) is 0 Å². The Morgan fingerprint density at radius 3 is 2.30 bits per heavy atom. The molecule has 1 atom stereocenters. The van der Waals surface area contributed by atoms with Gasteiger partial charge in [-0.2, -0.15) is 0 Å². The van der Waals surface area contributed by atoms with Crippen LogP contribution in [0, 0.1) is 0 Å². The predicted octanol–water partition coefficient (Wildman–Crippen LogP) is 4.79. The number of hydrogen-bond acceptors (Lipinski definition) is 1. The fourth-order valence-corrected chi connectivity index (χ4v) is 2.66. The first-order valence-electron chi connectivity index (χ1n) is 7.56. The van der Waals surface area contributed by atoms with Gasteiger partial charge in [0.2, 0.25) is 0 Å². The molecule has 0 radical (unpaired) electrons. The van der Waals surface area contributed by atoms with Gasteiger partial charge in [0.25, 0.3) is 0 Å². The lowest BCUT2D eigenvalue weighted by atomic mass is 9.87. The van der Waals surface area contributed by atoms with Crippen LogP contribution in [0.15, 0.2) is 48.5 Å². The largest absolute Gasteiger partial charge is 0.396 e. The van der Waals surface area contributed by atoms with Crippen LogP contribution in [0.3, 0.4) is 0 Å². The van der Waals surface area contributed by atoms with Crippen molar-refractivity contribution in [2.75, 3.05) is 6.61 Å². The van der Waals surface area contributed by atoms with Crippen molar-refractivity contribution < 1.29 is 5.11 Å². The lowest BCUT2D eigenvalue weighted by molar-refractivity contribution is 0.288. The lowest BCUT2D eigenvalue weighted by Gasteiger charge is -2.17. The molecule has 0 heterocycles. The molecule has 1 heteroatoms. The quantitative estimate of drug-likeness (QED) is 0.798. The number of benzene rings is 2. The third-order valence-electron chi connectivity index (χ3n) is 4.02. The van der Waals surface area contributed by atoms with Crippen molar-refractivity contribution in [1.82, 2.24) is 0 Å². The first-order valence-corrected chi connectivity index (χ1v) is 7.56. The van der Waals surface area contributed by atoms with E-state index in [0.717, 1.165) is 19.3 Å². The van der Waals surface area contributed by atoms with Crippen LogP contribution in [-0.2, 0) is 6.42 Å². The zero-order valence-electron chi connectivity index (χ0n) is 12.5. The van der Waals surface area contributed by atoms with Gasteiger partial charge in [-0.1, -0.05) is 62.4 Å². The molecule has 0 bridgehead atoms. The molecule has 1 N–H and O–H groups in total. The fraction of sp³-hybridized carbons (Fsp3) is 0.368. The van der Waals surface area contributed by atoms with Crippen molar-refractivity contribution in [3.05, 3.63) is 59.7 Å². The molecule has 0 aromatic heterocycles. The predicted molar refractivity (Wildman–Crippen MR) is 86.0 cm³/mol. The van der Waals surface area contributed by atoms with E-state index in [1.807, 2.05) is 0 Å². The summed E-state index contributed by atoms with van der Waals surface area (Å²) in [6, 6.07) is 17.3. The smallest absolute Gasteiger partial charge is 0.0434 e. The maximum atomic E-state index is 9.07. The van der Waals surface area contributed by atoms with Gasteiger partial charge in [0.1, 0.15) is 0 Å². The van der Waals surface area contributed by atoms with E-state index in [1.54, 1.807) is 0 Å². The van der Waals surface area contributed by atoms with Gasteiger partial charge in [0.05, 0.1) is 0 Å². The third-order valence-corrected chi connectivity index (χ3v) is 4.02. The van der Waals surface area contributed by atoms with Crippen molar-refractivity contribution in [2.24, 2.45) is 0 Å². The highest BCUT2D eigenvalue weighted by atomic mass is 16.2. The summed E-state index contributed by atoms with van der Waals surface area (Å²) in [6.45, 7) is 4.77. The van der Waals surface area contributed by atoms with Crippen molar-refractivity contribution >= 4 is 0 Å². The average molecular weight is 268 g/mol. The number of hydrogen-bond donors (Lipinski definition) is 1. The molecule has 0 amide bonds. The van der Waals surface area contributed by atoms with E-state index < -0.39 is 0 Å². The zero-order chi connectivity index (χ0) is 14.4. The van der Waals surface area contributed by atoms with Gasteiger partial charge in [-0.3, -0.25) is 0 Å². The van der Waals surface area contributed by atoms with E-state index in [9.17, 15) is 0 Å². The van der Waals surface area contributed by atoms with Gasteiger partial charge in [-0.25, -0.2) is 0 Å². The summed E-state index contributed by atoms with van der Waals surface area (Å²) in [5.41, 5.74) is 5.41. The number of aliphatic hydroxyl groups is 1. The van der Waals surface area contributed by atoms with E-state index in [0.29, 0.717) is 5.92 Å². The molecule has 0 spiro atoms. The van der Waals surface area contributed by atoms with Crippen LogP contribution >= 0.6 is 0 Å². The van der Waals surface area contributed by atoms with Crippen LogP contribution in [0.1, 0.15) is 43.7 Å². The fourth-order valence-electron chi connectivity index (χ4n) is 2.66. The molecule has 1 nitrogen and oxygen atoms in total. The Bertz CT molecular complexity index is 545. The maximum Gasteiger partial charge on any atom is 0.0434 e. The molecule has 2 aromatic rings. The lowest BCUT2D eigenvalue weighted by Crippen LogP contribution is -1.98. The van der Waals surface area contributed by atoms with E-state index in [1.165, 1.54) is 22.3 Å². The topological polar surface area (TPSA) is 20.2 Å². The molecule has 106 valence electrons. The molecule has 0 aliphatic carbocycles. The van der Waals surface area contributed by atoms with Crippen molar-refractivity contribution in [3.63, 3.8) is 0 Å². The van der Waals surface area contributed by atoms with Gasteiger partial charge in [0, 0.05) is 6.61 Å². The van der Waals surface area contributed by atoms with E-state index >= 15 is 0 Å². The Hall–Kier alpha value is -1.60. The van der Waals surface area contributed by atoms with Crippen LogP contribution in [0.25, 0.3) is 11.1 Å². The molecule has 2 rings (SSSR count). The van der Waals surface area contributed by atoms with E-state index in [4.69, 9.17) is 5.11 Å². The summed E-state index contributed by atoms with van der Waals surface area (Å²) in [6.07, 6.45) is 2.90. The minimum Gasteiger partial charge on any atom is -0.396 e. The van der Waals surface area contributed by atoms with Crippen molar-refractivity contribution in [2.45, 2.75) is 39.0 Å². The Balaban J connectivity index is 2.46. The van der Waals surface area contributed by atoms with Crippen molar-refractivity contribution in [3.8, 4) is 11.1 Å². The normalized spacial score (nSPS) is 12.3. The third kappa shape index (κ3) is 3.29. The van der Waals surface area contributed by atoms with Gasteiger partial charge in [0.15, 0.2) is 0 Å². The highest BCUT2D eigenvalue weighted by Crippen LogP contribution is 2.33. The summed E-state index contributed by atoms with van der Waals surface area (Å²) in [5.74, 6) is 0.567. The molecule has 0 fully saturated rings. The maximum absolute atomic E-state index is 9.07. The Morgan fingerprint density at radius 1 is 0.950 bits per heavy atom. The average Bonchev–Trinajstić information content (AvgIpc) is 2.52. The molecule has 0 aliphatic heterocycles. The van der Waals surface area contributed by atoms with Crippen molar-refractivity contribution in [1.29, 1.82) is 0 Å². The minimum absolute atomic E-state index is 0.251. The highest BCUT2D eigenvalue weighted by Gasteiger charge is 2.12. The molecular formula is C19H24O. The van der Waals surface area contributed by atoms with Gasteiger partial charge in [-0.05, 0) is 47.4 Å². The second-order valence-electron chi connectivity index (χ2n) is 5.38. The standard InChI is InChI=1S/C19H24O/c1-3-15(2)17-11-6-7-13-19(17)18-12-5-4-9-16(18)10-8-14-20/h4-7,9,11-13,15,20H,3,8,10,14H2,1-2H3/t15-/m1/s1. The first-order chi connectivity index (χ1) is 9.77. The van der Waals surface area contributed by atoms with E-state index in [2.05, 4.69) is 62.4 Å². The summed E-state index contributed by atoms with van der Waals surface area (Å²) in [4.78, 5) is 0. The second kappa shape index (κ2) is 7.25. The van der Waals surface area contributed by atoms with Crippen LogP contribution in [0.2, 0.25) is 0 Å². The Kier molecular flexibility index (Phi) is 5.37. The molecular weight excluding hydrogens is 244 g/mol. The molecule has 0 unspecified atom stereocenters. The van der Waals surface area contributed by atoms with E-state index in [-0.39, 0.29) is 6.61 Å². The Labute approximate surface area is 122 Å². The SMILES string of the molecule is CC[C@@H](C)c1ccccc1-c1ccccc1CCCO. The minimum atomic E-state index is 0.251. The summed E-state index contributed by atoms with van der Waals surface area (Å²) >= 11 is 0. The van der Waals surface area contributed by atoms with Crippen LogP contribution in [-0.4, -0.2) is 11.7 Å². The summed E-state index contributed by atoms with van der Waals surface area (Å²) in [5, 5.41) is 9.07. The molecule has 20 heavy (non-hydrogen) atoms. The second-order valence-corrected chi connectivity index (χ2v) is 5.38. The number of aliphatic hydroxyl groups excluding tert-OH is 1. The monoisotopic (exact) mass is 268 g/mol. The van der Waals surface area contributed by atoms with Gasteiger partial charge >= 0.3 is 0 Å². The van der Waals surface area contributed by atoms with Crippen LogP contribution in [0.4, 0.5) is 0 Å². The molecule has 0 saturated heterocycles.